The van der Waals surface area contributed by atoms with Gasteiger partial charge in [0.25, 0.3) is 7.82 Å². The van der Waals surface area contributed by atoms with Crippen molar-refractivity contribution in [2.24, 2.45) is 0 Å². The summed E-state index contributed by atoms with van der Waals surface area (Å²) in [5, 5.41) is 9.97. The van der Waals surface area contributed by atoms with Gasteiger partial charge in [0.2, 0.25) is 0 Å². The molecule has 0 radical (unpaired) electrons. The monoisotopic (exact) mass is 678 g/mol. The highest BCUT2D eigenvalue weighted by Gasteiger charge is 2.12. The zero-order chi connectivity index (χ0) is 34.0. The lowest BCUT2D eigenvalue weighted by atomic mass is 10.0. The molecule has 0 saturated carbocycles. The average Bonchev–Trinajstić information content (AvgIpc) is 3.00. The summed E-state index contributed by atoms with van der Waals surface area (Å²) in [6, 6.07) is 0. The Morgan fingerprint density at radius 2 is 0.848 bits per heavy atom. The Morgan fingerprint density at radius 3 is 1.24 bits per heavy atom. The van der Waals surface area contributed by atoms with Crippen LogP contribution in [-0.4, -0.2) is 63.4 Å². The Bertz CT molecular complexity index is 660. The zero-order valence-electron chi connectivity index (χ0n) is 31.3. The molecule has 278 valence electrons. The van der Waals surface area contributed by atoms with Crippen LogP contribution in [0.25, 0.3) is 0 Å². The molecule has 0 fully saturated rings. The van der Waals surface area contributed by atoms with Gasteiger partial charge in [0, 0.05) is 13.0 Å². The first-order chi connectivity index (χ1) is 22.2. The predicted molar refractivity (Wildman–Crippen MR) is 194 cm³/mol. The van der Waals surface area contributed by atoms with Gasteiger partial charge in [0.15, 0.2) is 6.29 Å². The highest BCUT2D eigenvalue weighted by molar-refractivity contribution is 7.45. The molecule has 0 rings (SSSR count). The van der Waals surface area contributed by atoms with E-state index in [2.05, 4.69) is 28.1 Å². The standard InChI is InChI=1S/C38H80NO6P/c1-5-6-7-8-9-10-11-12-13-14-16-19-22-25-28-31-35-43-38(40)33-37-45-46(41,42)44-36-32-29-26-23-20-17-15-18-21-24-27-30-34-39(2,3)4/h38,40H,5-37H2,1-4H3. The maximum atomic E-state index is 12.0. The van der Waals surface area contributed by atoms with E-state index >= 15 is 0 Å². The zero-order valence-corrected chi connectivity index (χ0v) is 32.2. The first kappa shape index (κ1) is 46.0. The number of hydrogen-bond donors (Lipinski definition) is 1. The Morgan fingerprint density at radius 1 is 0.522 bits per heavy atom. The van der Waals surface area contributed by atoms with E-state index in [1.807, 2.05) is 0 Å². The van der Waals surface area contributed by atoms with Gasteiger partial charge in [-0.2, -0.15) is 0 Å². The van der Waals surface area contributed by atoms with E-state index in [1.165, 1.54) is 154 Å². The smallest absolute Gasteiger partial charge is 0.267 e. The third-order valence-electron chi connectivity index (χ3n) is 8.90. The highest BCUT2D eigenvalue weighted by atomic mass is 31.2. The van der Waals surface area contributed by atoms with E-state index in [-0.39, 0.29) is 19.6 Å². The Kier molecular flexibility index (Phi) is 33.5. The first-order valence-corrected chi connectivity index (χ1v) is 21.3. The van der Waals surface area contributed by atoms with Crippen molar-refractivity contribution in [3.63, 3.8) is 0 Å². The number of quaternary nitrogens is 1. The van der Waals surface area contributed by atoms with Crippen molar-refractivity contribution in [1.29, 1.82) is 0 Å². The van der Waals surface area contributed by atoms with Crippen molar-refractivity contribution in [3.8, 4) is 0 Å². The van der Waals surface area contributed by atoms with Crippen LogP contribution in [0.4, 0.5) is 0 Å². The summed E-state index contributed by atoms with van der Waals surface area (Å²) in [6.45, 7) is 4.06. The largest absolute Gasteiger partial charge is 0.756 e. The second-order valence-corrected chi connectivity index (χ2v) is 16.2. The SMILES string of the molecule is CCCCCCCCCCCCCCCCCCOC(O)CCOP(=O)([O-])OCCCCCCCCCCCCCC[N+](C)(C)C. The maximum Gasteiger partial charge on any atom is 0.267 e. The van der Waals surface area contributed by atoms with Crippen LogP contribution in [0.3, 0.4) is 0 Å². The van der Waals surface area contributed by atoms with Crippen molar-refractivity contribution < 1.29 is 32.8 Å². The van der Waals surface area contributed by atoms with Crippen LogP contribution in [0.5, 0.6) is 0 Å². The molecule has 0 aromatic rings. The molecule has 0 aliphatic heterocycles. The topological polar surface area (TPSA) is 88.0 Å². The molecule has 8 heteroatoms. The number of phosphoric acid groups is 1. The lowest BCUT2D eigenvalue weighted by Gasteiger charge is -2.23. The molecule has 7 nitrogen and oxygen atoms in total. The Labute approximate surface area is 287 Å². The summed E-state index contributed by atoms with van der Waals surface area (Å²) in [7, 11) is 2.46. The second-order valence-electron chi connectivity index (χ2n) is 14.8. The molecular formula is C38H80NO6P. The van der Waals surface area contributed by atoms with Crippen LogP contribution >= 0.6 is 7.82 Å². The molecular weight excluding hydrogens is 597 g/mol. The number of ether oxygens (including phenoxy) is 1. The number of unbranched alkanes of at least 4 members (excludes halogenated alkanes) is 26. The summed E-state index contributed by atoms with van der Waals surface area (Å²) in [5.74, 6) is 0. The van der Waals surface area contributed by atoms with Gasteiger partial charge in [0.1, 0.15) is 0 Å². The average molecular weight is 678 g/mol. The van der Waals surface area contributed by atoms with Gasteiger partial charge in [-0.1, -0.05) is 161 Å². The summed E-state index contributed by atoms with van der Waals surface area (Å²) in [4.78, 5) is 12.0. The van der Waals surface area contributed by atoms with Gasteiger partial charge < -0.3 is 28.3 Å². The lowest BCUT2D eigenvalue weighted by Crippen LogP contribution is -2.35. The number of phosphoric ester groups is 1. The molecule has 2 unspecified atom stereocenters. The van der Waals surface area contributed by atoms with Crippen molar-refractivity contribution in [3.05, 3.63) is 0 Å². The molecule has 0 aliphatic carbocycles. The molecule has 1 N–H and O–H groups in total. The van der Waals surface area contributed by atoms with Gasteiger partial charge in [0.05, 0.1) is 40.9 Å². The van der Waals surface area contributed by atoms with Crippen molar-refractivity contribution in [2.75, 3.05) is 47.5 Å². The fourth-order valence-corrected chi connectivity index (χ4v) is 6.64. The van der Waals surface area contributed by atoms with Gasteiger partial charge in [-0.05, 0) is 25.7 Å². The normalized spacial score (nSPS) is 14.1. The first-order valence-electron chi connectivity index (χ1n) is 19.9. The molecule has 2 atom stereocenters. The number of aliphatic hydroxyl groups excluding tert-OH is 1. The Hall–Kier alpha value is -0.0100. The molecule has 0 spiro atoms. The molecule has 46 heavy (non-hydrogen) atoms. The summed E-state index contributed by atoms with van der Waals surface area (Å²) < 4.78 is 28.3. The van der Waals surface area contributed by atoms with Crippen LogP contribution in [-0.2, 0) is 18.3 Å². The van der Waals surface area contributed by atoms with Gasteiger partial charge in [-0.3, -0.25) is 4.57 Å². The van der Waals surface area contributed by atoms with Crippen molar-refractivity contribution >= 4 is 7.82 Å². The third kappa shape index (κ3) is 38.4. The van der Waals surface area contributed by atoms with E-state index in [4.69, 9.17) is 13.8 Å². The van der Waals surface area contributed by atoms with Gasteiger partial charge in [-0.15, -0.1) is 0 Å². The maximum absolute atomic E-state index is 12.0. The number of hydrogen-bond acceptors (Lipinski definition) is 6. The number of nitrogens with zero attached hydrogens (tertiary/aromatic N) is 1. The van der Waals surface area contributed by atoms with E-state index in [1.54, 1.807) is 0 Å². The van der Waals surface area contributed by atoms with E-state index < -0.39 is 14.1 Å². The van der Waals surface area contributed by atoms with E-state index in [9.17, 15) is 14.6 Å². The number of aliphatic hydroxyl groups is 1. The molecule has 0 aliphatic rings. The molecule has 0 saturated heterocycles. The lowest BCUT2D eigenvalue weighted by molar-refractivity contribution is -0.870. The molecule has 0 heterocycles. The van der Waals surface area contributed by atoms with Crippen LogP contribution < -0.4 is 4.89 Å². The Balaban J connectivity index is 3.39. The van der Waals surface area contributed by atoms with Gasteiger partial charge >= 0.3 is 0 Å². The molecule has 0 bridgehead atoms. The fourth-order valence-electron chi connectivity index (χ4n) is 5.89. The molecule has 0 amide bonds. The summed E-state index contributed by atoms with van der Waals surface area (Å²) >= 11 is 0. The quantitative estimate of drug-likeness (QED) is 0.0303. The summed E-state index contributed by atoms with van der Waals surface area (Å²) in [6.07, 6.45) is 34.9. The minimum absolute atomic E-state index is 0.116. The van der Waals surface area contributed by atoms with Crippen molar-refractivity contribution in [1.82, 2.24) is 0 Å². The van der Waals surface area contributed by atoms with Crippen LogP contribution in [0.1, 0.15) is 193 Å². The van der Waals surface area contributed by atoms with E-state index in [0.717, 1.165) is 30.2 Å². The summed E-state index contributed by atoms with van der Waals surface area (Å²) in [5.41, 5.74) is 0. The van der Waals surface area contributed by atoms with Crippen LogP contribution in [0.15, 0.2) is 0 Å². The third-order valence-corrected chi connectivity index (χ3v) is 9.89. The highest BCUT2D eigenvalue weighted by Crippen LogP contribution is 2.38. The number of rotatable bonds is 38. The predicted octanol–water partition coefficient (Wildman–Crippen LogP) is 10.9. The fraction of sp³-hybridized carbons (Fsp3) is 1.00. The minimum atomic E-state index is -4.32. The van der Waals surface area contributed by atoms with Crippen molar-refractivity contribution in [2.45, 2.75) is 199 Å². The van der Waals surface area contributed by atoms with Crippen LogP contribution in [0, 0.1) is 0 Å². The van der Waals surface area contributed by atoms with Gasteiger partial charge in [-0.25, -0.2) is 0 Å². The van der Waals surface area contributed by atoms with E-state index in [0.29, 0.717) is 13.0 Å². The molecule has 0 aromatic carbocycles. The second kappa shape index (κ2) is 33.5. The molecule has 0 aromatic heterocycles. The minimum Gasteiger partial charge on any atom is -0.756 e. The van der Waals surface area contributed by atoms with Crippen LogP contribution in [0.2, 0.25) is 0 Å².